The molecule has 1 amide bonds. The second-order valence-electron chi connectivity index (χ2n) is 4.52. The number of ether oxygens (including phenoxy) is 1. The number of carbonyl (C=O) groups excluding carboxylic acids is 1. The van der Waals surface area contributed by atoms with Gasteiger partial charge in [-0.25, -0.2) is 4.39 Å². The number of methoxy groups -OCH3 is 1. The molecule has 0 aliphatic rings. The van der Waals surface area contributed by atoms with Crippen molar-refractivity contribution in [3.8, 4) is 0 Å². The molecule has 1 atom stereocenters. The second kappa shape index (κ2) is 6.35. The molecule has 0 saturated heterocycles. The maximum atomic E-state index is 13.3. The molecule has 0 saturated carbocycles. The van der Waals surface area contributed by atoms with Crippen molar-refractivity contribution in [2.45, 2.75) is 19.9 Å². The minimum Gasteiger partial charge on any atom is -0.396 e. The monoisotopic (exact) mass is 254 g/mol. The summed E-state index contributed by atoms with van der Waals surface area (Å²) in [5.74, 6) is -0.687. The van der Waals surface area contributed by atoms with Gasteiger partial charge in [0.2, 0.25) is 0 Å². The number of nitrogen functional groups attached to an aromatic ring is 1. The number of halogens is 1. The molecule has 18 heavy (non-hydrogen) atoms. The lowest BCUT2D eigenvalue weighted by atomic mass is 10.0. The van der Waals surface area contributed by atoms with Gasteiger partial charge in [0.05, 0.1) is 18.3 Å². The van der Waals surface area contributed by atoms with Crippen molar-refractivity contribution in [3.63, 3.8) is 0 Å². The first-order valence-corrected chi connectivity index (χ1v) is 5.80. The van der Waals surface area contributed by atoms with Crippen molar-refractivity contribution in [2.24, 2.45) is 5.92 Å². The Labute approximate surface area is 106 Å². The molecule has 0 aliphatic carbocycles. The quantitative estimate of drug-likeness (QED) is 0.788. The standard InChI is InChI=1S/C13H19FN2O2/c1-8(2)12(7-18-3)16-13(17)9-4-5-11(15)10(14)6-9/h4-6,8,12H,7,15H2,1-3H3,(H,16,17). The summed E-state index contributed by atoms with van der Waals surface area (Å²) in [4.78, 5) is 11.9. The van der Waals surface area contributed by atoms with E-state index in [4.69, 9.17) is 10.5 Å². The van der Waals surface area contributed by atoms with Gasteiger partial charge in [0.15, 0.2) is 0 Å². The van der Waals surface area contributed by atoms with Crippen LogP contribution in [0, 0.1) is 11.7 Å². The van der Waals surface area contributed by atoms with E-state index in [0.29, 0.717) is 6.61 Å². The lowest BCUT2D eigenvalue weighted by Gasteiger charge is -2.21. The minimum absolute atomic E-state index is 0.0313. The number of amides is 1. The van der Waals surface area contributed by atoms with E-state index >= 15 is 0 Å². The summed E-state index contributed by atoms with van der Waals surface area (Å²) >= 11 is 0. The Kier molecular flexibility index (Phi) is 5.09. The van der Waals surface area contributed by atoms with Crippen LogP contribution in [0.15, 0.2) is 18.2 Å². The van der Waals surface area contributed by atoms with Crippen LogP contribution >= 0.6 is 0 Å². The van der Waals surface area contributed by atoms with Gasteiger partial charge in [-0.2, -0.15) is 0 Å². The fourth-order valence-corrected chi connectivity index (χ4v) is 1.50. The Balaban J connectivity index is 2.77. The molecule has 4 nitrogen and oxygen atoms in total. The number of nitrogens with one attached hydrogen (secondary N) is 1. The summed E-state index contributed by atoms with van der Waals surface area (Å²) in [5, 5.41) is 2.81. The van der Waals surface area contributed by atoms with Crippen molar-refractivity contribution in [3.05, 3.63) is 29.6 Å². The van der Waals surface area contributed by atoms with E-state index in [9.17, 15) is 9.18 Å². The van der Waals surface area contributed by atoms with E-state index in [1.807, 2.05) is 13.8 Å². The number of hydrogen-bond acceptors (Lipinski definition) is 3. The molecule has 0 bridgehead atoms. The molecule has 0 heterocycles. The topological polar surface area (TPSA) is 64.3 Å². The number of nitrogens with two attached hydrogens (primary N) is 1. The zero-order chi connectivity index (χ0) is 13.7. The first-order valence-electron chi connectivity index (χ1n) is 5.80. The molecule has 1 aromatic rings. The first-order chi connectivity index (χ1) is 8.45. The highest BCUT2D eigenvalue weighted by Gasteiger charge is 2.17. The molecular formula is C13H19FN2O2. The van der Waals surface area contributed by atoms with Crippen LogP contribution in [-0.4, -0.2) is 25.7 Å². The van der Waals surface area contributed by atoms with Crippen LogP contribution in [0.25, 0.3) is 0 Å². The summed E-state index contributed by atoms with van der Waals surface area (Å²) < 4.78 is 18.3. The van der Waals surface area contributed by atoms with Gasteiger partial charge in [0.1, 0.15) is 5.82 Å². The van der Waals surface area contributed by atoms with E-state index in [-0.39, 0.29) is 29.1 Å². The summed E-state index contributed by atoms with van der Waals surface area (Å²) in [7, 11) is 1.57. The van der Waals surface area contributed by atoms with Crippen LogP contribution in [0.4, 0.5) is 10.1 Å². The van der Waals surface area contributed by atoms with Crippen LogP contribution < -0.4 is 11.1 Å². The Bertz CT molecular complexity index is 421. The predicted octanol–water partition coefficient (Wildman–Crippen LogP) is 1.81. The number of carbonyl (C=O) groups is 1. The van der Waals surface area contributed by atoms with Gasteiger partial charge >= 0.3 is 0 Å². The summed E-state index contributed by atoms with van der Waals surface area (Å²) in [6, 6.07) is 3.90. The van der Waals surface area contributed by atoms with Crippen molar-refractivity contribution in [1.82, 2.24) is 5.32 Å². The number of anilines is 1. The zero-order valence-corrected chi connectivity index (χ0v) is 10.9. The largest absolute Gasteiger partial charge is 0.396 e. The Morgan fingerprint density at radius 2 is 2.17 bits per heavy atom. The average Bonchev–Trinajstić information content (AvgIpc) is 2.31. The molecule has 0 aliphatic heterocycles. The number of rotatable bonds is 5. The third kappa shape index (κ3) is 3.70. The zero-order valence-electron chi connectivity index (χ0n) is 10.9. The Hall–Kier alpha value is -1.62. The highest BCUT2D eigenvalue weighted by Crippen LogP contribution is 2.12. The van der Waals surface area contributed by atoms with Crippen LogP contribution in [0.5, 0.6) is 0 Å². The van der Waals surface area contributed by atoms with E-state index in [2.05, 4.69) is 5.32 Å². The molecule has 0 aromatic heterocycles. The van der Waals surface area contributed by atoms with E-state index in [1.54, 1.807) is 7.11 Å². The van der Waals surface area contributed by atoms with Gasteiger partial charge in [-0.3, -0.25) is 4.79 Å². The molecule has 3 N–H and O–H groups in total. The molecule has 1 rings (SSSR count). The first kappa shape index (κ1) is 14.4. The molecule has 0 spiro atoms. The lowest BCUT2D eigenvalue weighted by Crippen LogP contribution is -2.41. The van der Waals surface area contributed by atoms with Gasteiger partial charge in [-0.1, -0.05) is 13.8 Å². The van der Waals surface area contributed by atoms with Crippen molar-refractivity contribution < 1.29 is 13.9 Å². The maximum Gasteiger partial charge on any atom is 0.251 e. The van der Waals surface area contributed by atoms with Gasteiger partial charge < -0.3 is 15.8 Å². The Morgan fingerprint density at radius 1 is 1.50 bits per heavy atom. The van der Waals surface area contributed by atoms with Crippen molar-refractivity contribution in [1.29, 1.82) is 0 Å². The fourth-order valence-electron chi connectivity index (χ4n) is 1.50. The van der Waals surface area contributed by atoms with E-state index < -0.39 is 5.82 Å². The van der Waals surface area contributed by atoms with E-state index in [0.717, 1.165) is 6.07 Å². The highest BCUT2D eigenvalue weighted by molar-refractivity contribution is 5.94. The molecule has 1 aromatic carbocycles. The summed E-state index contributed by atoms with van der Waals surface area (Å²) in [5.41, 5.74) is 5.64. The maximum absolute atomic E-state index is 13.3. The van der Waals surface area contributed by atoms with Crippen molar-refractivity contribution in [2.75, 3.05) is 19.5 Å². The fraction of sp³-hybridized carbons (Fsp3) is 0.462. The second-order valence-corrected chi connectivity index (χ2v) is 4.52. The molecular weight excluding hydrogens is 235 g/mol. The third-order valence-corrected chi connectivity index (χ3v) is 2.73. The lowest BCUT2D eigenvalue weighted by molar-refractivity contribution is 0.0866. The van der Waals surface area contributed by atoms with Gasteiger partial charge in [0.25, 0.3) is 5.91 Å². The van der Waals surface area contributed by atoms with Crippen molar-refractivity contribution >= 4 is 11.6 Å². The van der Waals surface area contributed by atoms with Gasteiger partial charge in [-0.05, 0) is 24.1 Å². The summed E-state index contributed by atoms with van der Waals surface area (Å²) in [6.07, 6.45) is 0. The molecule has 1 unspecified atom stereocenters. The highest BCUT2D eigenvalue weighted by atomic mass is 19.1. The van der Waals surface area contributed by atoms with Crippen LogP contribution in [0.1, 0.15) is 24.2 Å². The molecule has 5 heteroatoms. The smallest absolute Gasteiger partial charge is 0.251 e. The van der Waals surface area contributed by atoms with Crippen LogP contribution in [-0.2, 0) is 4.74 Å². The van der Waals surface area contributed by atoms with Crippen LogP contribution in [0.2, 0.25) is 0 Å². The predicted molar refractivity (Wildman–Crippen MR) is 68.8 cm³/mol. The normalized spacial score (nSPS) is 12.5. The van der Waals surface area contributed by atoms with Gasteiger partial charge in [-0.15, -0.1) is 0 Å². The molecule has 100 valence electrons. The van der Waals surface area contributed by atoms with Crippen LogP contribution in [0.3, 0.4) is 0 Å². The SMILES string of the molecule is COCC(NC(=O)c1ccc(N)c(F)c1)C(C)C. The number of benzene rings is 1. The summed E-state index contributed by atoms with van der Waals surface area (Å²) in [6.45, 7) is 4.38. The molecule has 0 fully saturated rings. The van der Waals surface area contributed by atoms with Gasteiger partial charge in [0, 0.05) is 12.7 Å². The minimum atomic E-state index is -0.588. The third-order valence-electron chi connectivity index (χ3n) is 2.73. The number of hydrogen-bond donors (Lipinski definition) is 2. The van der Waals surface area contributed by atoms with E-state index in [1.165, 1.54) is 12.1 Å². The molecule has 0 radical (unpaired) electrons. The average molecular weight is 254 g/mol. The Morgan fingerprint density at radius 3 is 2.67 bits per heavy atom.